The van der Waals surface area contributed by atoms with Crippen LogP contribution in [-0.2, 0) is 34.1 Å². The molecule has 0 aromatic carbocycles. The van der Waals surface area contributed by atoms with Crippen LogP contribution >= 0.6 is 0 Å². The summed E-state index contributed by atoms with van der Waals surface area (Å²) in [5, 5.41) is 0. The molecule has 0 rings (SSSR count). The van der Waals surface area contributed by atoms with E-state index in [-0.39, 0.29) is 79.1 Å². The van der Waals surface area contributed by atoms with Crippen LogP contribution in [0.15, 0.2) is 0 Å². The van der Waals surface area contributed by atoms with Gasteiger partial charge >= 0.3 is 0 Å². The maximum Gasteiger partial charge on any atom is 0 e. The molecule has 0 aromatic rings. The summed E-state index contributed by atoms with van der Waals surface area (Å²) < 4.78 is 0. The Morgan fingerprint density at radius 1 is 0.429 bits per heavy atom. The Hall–Kier alpha value is 1.65. The summed E-state index contributed by atoms with van der Waals surface area (Å²) in [6.07, 6.45) is 0. The number of hydrogen-bond donors (Lipinski definition) is 0. The van der Waals surface area contributed by atoms with Gasteiger partial charge in [-0.2, -0.15) is 0 Å². The van der Waals surface area contributed by atoms with Crippen LogP contribution in [0.1, 0.15) is 0 Å². The molecule has 4 nitrogen and oxygen atoms in total. The molecular formula is H8Fe2MgO4. The molecule has 0 aliphatic carbocycles. The standard InChI is InChI=1S/2Fe.Mg.4H2O/h;;;4*1H2. The van der Waals surface area contributed by atoms with Crippen LogP contribution in [0.2, 0.25) is 0 Å². The molecule has 0 amide bonds. The molecule has 7 heavy (non-hydrogen) atoms. The number of hydrogen-bond acceptors (Lipinski definition) is 0. The Morgan fingerprint density at radius 3 is 0.429 bits per heavy atom. The van der Waals surface area contributed by atoms with Crippen LogP contribution in [0.5, 0.6) is 0 Å². The quantitative estimate of drug-likeness (QED) is 0.363. The van der Waals surface area contributed by atoms with Gasteiger partial charge < -0.3 is 21.9 Å². The van der Waals surface area contributed by atoms with Crippen LogP contribution in [0.4, 0.5) is 0 Å². The summed E-state index contributed by atoms with van der Waals surface area (Å²) in [4.78, 5) is 0. The molecule has 0 aliphatic rings. The van der Waals surface area contributed by atoms with Crippen molar-refractivity contribution in [1.29, 1.82) is 0 Å². The molecule has 2 radical (unpaired) electrons. The normalized spacial score (nSPS) is 0. The van der Waals surface area contributed by atoms with Gasteiger partial charge in [-0.05, 0) is 0 Å². The summed E-state index contributed by atoms with van der Waals surface area (Å²) in [6, 6.07) is 0. The molecule has 7 heteroatoms. The third kappa shape index (κ3) is 90.0. The molecule has 0 fully saturated rings. The van der Waals surface area contributed by atoms with Crippen LogP contribution < -0.4 is 0 Å². The largest absolute Gasteiger partial charge is 0.412 e. The molecular weight excluding hydrogens is 200 g/mol. The molecule has 0 heterocycles. The average Bonchev–Trinajstić information content (AvgIpc) is 0. The fourth-order valence-corrected chi connectivity index (χ4v) is 0. The first kappa shape index (κ1) is 187. The van der Waals surface area contributed by atoms with Crippen molar-refractivity contribution < 1.29 is 56.0 Å². The first-order chi connectivity index (χ1) is 0. The minimum atomic E-state index is 0. The van der Waals surface area contributed by atoms with Crippen molar-refractivity contribution in [2.24, 2.45) is 0 Å². The van der Waals surface area contributed by atoms with Gasteiger partial charge in [0, 0.05) is 57.2 Å². The van der Waals surface area contributed by atoms with Crippen LogP contribution in [0, 0.1) is 0 Å². The fourth-order valence-electron chi connectivity index (χ4n) is 0. The summed E-state index contributed by atoms with van der Waals surface area (Å²) in [7, 11) is 0. The first-order valence-corrected chi connectivity index (χ1v) is 0. The van der Waals surface area contributed by atoms with E-state index in [0.29, 0.717) is 0 Å². The molecule has 50 valence electrons. The Balaban J connectivity index is 0. The van der Waals surface area contributed by atoms with E-state index < -0.39 is 0 Å². The van der Waals surface area contributed by atoms with Crippen LogP contribution in [0.3, 0.4) is 0 Å². The van der Waals surface area contributed by atoms with E-state index in [9.17, 15) is 0 Å². The molecule has 0 bridgehead atoms. The zero-order valence-corrected chi connectivity index (χ0v) is 7.04. The van der Waals surface area contributed by atoms with Crippen LogP contribution in [0.25, 0.3) is 0 Å². The fraction of sp³-hybridized carbons (Fsp3) is 0. The molecule has 0 spiro atoms. The van der Waals surface area contributed by atoms with Crippen molar-refractivity contribution in [1.82, 2.24) is 0 Å². The zero-order valence-electron chi connectivity index (χ0n) is 3.41. The SMILES string of the molecule is O.O.O.O.[Fe].[Fe].[Mg]. The van der Waals surface area contributed by atoms with Crippen molar-refractivity contribution in [3.63, 3.8) is 0 Å². The topological polar surface area (TPSA) is 126 Å². The van der Waals surface area contributed by atoms with E-state index in [2.05, 4.69) is 0 Å². The Kier molecular flexibility index (Phi) is 3330. The number of rotatable bonds is 0. The predicted molar refractivity (Wildman–Crippen MR) is 20.2 cm³/mol. The maximum absolute atomic E-state index is 0. The molecule has 0 aromatic heterocycles. The third-order valence-electron chi connectivity index (χ3n) is 0. The summed E-state index contributed by atoms with van der Waals surface area (Å²) in [5.74, 6) is 0. The van der Waals surface area contributed by atoms with Gasteiger partial charge in [0.1, 0.15) is 0 Å². The molecule has 0 saturated carbocycles. The van der Waals surface area contributed by atoms with Gasteiger partial charge in [-0.1, -0.05) is 0 Å². The van der Waals surface area contributed by atoms with Crippen molar-refractivity contribution in [2.75, 3.05) is 0 Å². The maximum atomic E-state index is 0. The van der Waals surface area contributed by atoms with Gasteiger partial charge in [0.05, 0.1) is 0 Å². The Bertz CT molecular complexity index is 9.65. The van der Waals surface area contributed by atoms with Crippen molar-refractivity contribution >= 4 is 23.1 Å². The molecule has 8 N–H and O–H groups in total. The molecule has 0 atom stereocenters. The van der Waals surface area contributed by atoms with Gasteiger partial charge in [0.25, 0.3) is 0 Å². The molecule has 0 aliphatic heterocycles. The van der Waals surface area contributed by atoms with Gasteiger partial charge in [0.15, 0.2) is 0 Å². The minimum Gasteiger partial charge on any atom is -0.412 e. The Morgan fingerprint density at radius 2 is 0.429 bits per heavy atom. The van der Waals surface area contributed by atoms with Gasteiger partial charge in [-0.15, -0.1) is 0 Å². The zero-order chi connectivity index (χ0) is 0. The average molecular weight is 208 g/mol. The first-order valence-electron chi connectivity index (χ1n) is 0. The van der Waals surface area contributed by atoms with E-state index in [1.54, 1.807) is 0 Å². The van der Waals surface area contributed by atoms with Gasteiger partial charge in [-0.3, -0.25) is 0 Å². The van der Waals surface area contributed by atoms with E-state index in [1.807, 2.05) is 0 Å². The van der Waals surface area contributed by atoms with E-state index in [4.69, 9.17) is 0 Å². The predicted octanol–water partition coefficient (Wildman–Crippen LogP) is -3.68. The summed E-state index contributed by atoms with van der Waals surface area (Å²) >= 11 is 0. The van der Waals surface area contributed by atoms with Crippen molar-refractivity contribution in [3.8, 4) is 0 Å². The second-order valence-electron chi connectivity index (χ2n) is 0. The molecule has 0 saturated heterocycles. The van der Waals surface area contributed by atoms with Crippen molar-refractivity contribution in [3.05, 3.63) is 0 Å². The van der Waals surface area contributed by atoms with Crippen LogP contribution in [-0.4, -0.2) is 45.0 Å². The van der Waals surface area contributed by atoms with E-state index in [1.165, 1.54) is 0 Å². The second kappa shape index (κ2) is 125. The van der Waals surface area contributed by atoms with E-state index in [0.717, 1.165) is 0 Å². The summed E-state index contributed by atoms with van der Waals surface area (Å²) in [6.45, 7) is 0. The Labute approximate surface area is 78.8 Å². The molecule has 0 unspecified atom stereocenters. The monoisotopic (exact) mass is 208 g/mol. The smallest absolute Gasteiger partial charge is 0 e. The van der Waals surface area contributed by atoms with Gasteiger partial charge in [0.2, 0.25) is 0 Å². The van der Waals surface area contributed by atoms with E-state index >= 15 is 0 Å². The second-order valence-corrected chi connectivity index (χ2v) is 0. The minimum absolute atomic E-state index is 0. The third-order valence-corrected chi connectivity index (χ3v) is 0. The van der Waals surface area contributed by atoms with Crippen molar-refractivity contribution in [2.45, 2.75) is 0 Å². The van der Waals surface area contributed by atoms with Gasteiger partial charge in [-0.25, -0.2) is 0 Å². The summed E-state index contributed by atoms with van der Waals surface area (Å²) in [5.41, 5.74) is 0.